The first-order valence-corrected chi connectivity index (χ1v) is 7.90. The summed E-state index contributed by atoms with van der Waals surface area (Å²) < 4.78 is 0. The van der Waals surface area contributed by atoms with E-state index in [0.717, 1.165) is 19.6 Å². The quantitative estimate of drug-likeness (QED) is 0.692. The molecule has 0 saturated heterocycles. The fraction of sp³-hybridized carbons (Fsp3) is 0.733. The van der Waals surface area contributed by atoms with E-state index in [4.69, 9.17) is 5.73 Å². The predicted molar refractivity (Wildman–Crippen MR) is 82.0 cm³/mol. The molecule has 0 saturated carbocycles. The lowest BCUT2D eigenvalue weighted by atomic mass is 9.87. The van der Waals surface area contributed by atoms with E-state index in [1.807, 2.05) is 11.3 Å². The molecule has 0 atom stereocenters. The maximum Gasteiger partial charge on any atom is 0.0327 e. The molecule has 0 spiro atoms. The molecule has 2 nitrogen and oxygen atoms in total. The van der Waals surface area contributed by atoms with Crippen molar-refractivity contribution in [2.24, 2.45) is 11.1 Å². The zero-order valence-corrected chi connectivity index (χ0v) is 12.9. The van der Waals surface area contributed by atoms with E-state index in [1.54, 1.807) is 0 Å². The number of thiophene rings is 1. The number of hydrogen-bond acceptors (Lipinski definition) is 3. The molecule has 1 rings (SSSR count). The van der Waals surface area contributed by atoms with Crippen molar-refractivity contribution in [3.63, 3.8) is 0 Å². The number of hydrogen-bond donors (Lipinski definition) is 1. The lowest BCUT2D eigenvalue weighted by Crippen LogP contribution is -2.25. The minimum atomic E-state index is 0.310. The summed E-state index contributed by atoms with van der Waals surface area (Å²) in [7, 11) is 0. The van der Waals surface area contributed by atoms with Crippen molar-refractivity contribution < 1.29 is 0 Å². The number of nitrogens with two attached hydrogens (primary N) is 1. The van der Waals surface area contributed by atoms with Crippen LogP contribution in [0.1, 0.15) is 44.9 Å². The molecule has 0 aliphatic carbocycles. The van der Waals surface area contributed by atoms with Gasteiger partial charge in [0.05, 0.1) is 0 Å². The highest BCUT2D eigenvalue weighted by Gasteiger charge is 2.14. The summed E-state index contributed by atoms with van der Waals surface area (Å²) in [5.41, 5.74) is 6.07. The predicted octanol–water partition coefficient (Wildman–Crippen LogP) is 3.73. The Morgan fingerprint density at radius 3 is 2.67 bits per heavy atom. The normalized spacial score (nSPS) is 12.3. The highest BCUT2D eigenvalue weighted by molar-refractivity contribution is 7.09. The summed E-state index contributed by atoms with van der Waals surface area (Å²) in [6, 6.07) is 4.36. The summed E-state index contributed by atoms with van der Waals surface area (Å²) >= 11 is 1.86. The van der Waals surface area contributed by atoms with Crippen LogP contribution in [0.15, 0.2) is 17.5 Å². The van der Waals surface area contributed by atoms with Crippen LogP contribution in [-0.2, 0) is 6.54 Å². The van der Waals surface area contributed by atoms with Crippen molar-refractivity contribution in [2.75, 3.05) is 19.6 Å². The first kappa shape index (κ1) is 15.7. The van der Waals surface area contributed by atoms with Crippen LogP contribution in [0, 0.1) is 5.41 Å². The van der Waals surface area contributed by atoms with Gasteiger partial charge in [0.15, 0.2) is 0 Å². The van der Waals surface area contributed by atoms with Gasteiger partial charge in [-0.25, -0.2) is 0 Å². The molecular formula is C15H28N2S. The van der Waals surface area contributed by atoms with E-state index >= 15 is 0 Å². The molecule has 1 heterocycles. The van der Waals surface area contributed by atoms with Crippen LogP contribution in [0.2, 0.25) is 0 Å². The molecule has 0 bridgehead atoms. The number of nitrogens with zero attached hydrogens (tertiary/aromatic N) is 1. The van der Waals surface area contributed by atoms with Gasteiger partial charge in [-0.05, 0) is 49.3 Å². The Labute approximate surface area is 116 Å². The molecule has 0 fully saturated rings. The molecule has 2 N–H and O–H groups in total. The molecule has 1 aromatic heterocycles. The second kappa shape index (κ2) is 7.93. The van der Waals surface area contributed by atoms with Crippen molar-refractivity contribution in [1.82, 2.24) is 4.90 Å². The van der Waals surface area contributed by atoms with Crippen molar-refractivity contribution in [2.45, 2.75) is 46.6 Å². The molecule has 0 aliphatic heterocycles. The van der Waals surface area contributed by atoms with Gasteiger partial charge in [0.1, 0.15) is 0 Å². The minimum absolute atomic E-state index is 0.310. The SMILES string of the molecule is CCN(CCCCC(C)(C)CN)Cc1cccs1. The molecule has 0 unspecified atom stereocenters. The lowest BCUT2D eigenvalue weighted by molar-refractivity contribution is 0.261. The van der Waals surface area contributed by atoms with Crippen molar-refractivity contribution in [3.8, 4) is 0 Å². The Hall–Kier alpha value is -0.380. The standard InChI is InChI=1S/C15H28N2S/c1-4-17(12-14-8-7-11-18-14)10-6-5-9-15(2,3)13-16/h7-8,11H,4-6,9-10,12-13,16H2,1-3H3. The van der Waals surface area contributed by atoms with Crippen molar-refractivity contribution >= 4 is 11.3 Å². The third-order valence-corrected chi connectivity index (χ3v) is 4.40. The Morgan fingerprint density at radius 1 is 1.33 bits per heavy atom. The lowest BCUT2D eigenvalue weighted by Gasteiger charge is -2.24. The molecule has 104 valence electrons. The Balaban J connectivity index is 2.20. The van der Waals surface area contributed by atoms with E-state index in [2.05, 4.69) is 43.2 Å². The molecule has 18 heavy (non-hydrogen) atoms. The van der Waals surface area contributed by atoms with E-state index in [1.165, 1.54) is 30.7 Å². The Morgan fingerprint density at radius 2 is 2.11 bits per heavy atom. The Bertz CT molecular complexity index is 306. The van der Waals surface area contributed by atoms with Gasteiger partial charge in [0, 0.05) is 11.4 Å². The zero-order chi connectivity index (χ0) is 13.4. The molecule has 0 amide bonds. The van der Waals surface area contributed by atoms with Gasteiger partial charge in [-0.2, -0.15) is 0 Å². The van der Waals surface area contributed by atoms with E-state index in [9.17, 15) is 0 Å². The maximum atomic E-state index is 5.76. The molecule has 0 radical (unpaired) electrons. The fourth-order valence-electron chi connectivity index (χ4n) is 2.01. The molecule has 1 aromatic rings. The summed E-state index contributed by atoms with van der Waals surface area (Å²) in [5, 5.41) is 2.16. The number of unbranched alkanes of at least 4 members (excludes halogenated alkanes) is 1. The van der Waals surface area contributed by atoms with Crippen LogP contribution in [0.3, 0.4) is 0 Å². The van der Waals surface area contributed by atoms with Gasteiger partial charge < -0.3 is 5.73 Å². The highest BCUT2D eigenvalue weighted by atomic mass is 32.1. The van der Waals surface area contributed by atoms with Crippen molar-refractivity contribution in [3.05, 3.63) is 22.4 Å². The topological polar surface area (TPSA) is 29.3 Å². The van der Waals surface area contributed by atoms with Gasteiger partial charge >= 0.3 is 0 Å². The van der Waals surface area contributed by atoms with Crippen LogP contribution >= 0.6 is 11.3 Å². The van der Waals surface area contributed by atoms with Gasteiger partial charge in [-0.1, -0.05) is 33.3 Å². The second-order valence-corrected chi connectivity index (χ2v) is 6.81. The van der Waals surface area contributed by atoms with Gasteiger partial charge in [0.2, 0.25) is 0 Å². The summed E-state index contributed by atoms with van der Waals surface area (Å²) in [5.74, 6) is 0. The maximum absolute atomic E-state index is 5.76. The van der Waals surface area contributed by atoms with Crippen LogP contribution in [0.5, 0.6) is 0 Å². The summed E-state index contributed by atoms with van der Waals surface area (Å²) in [6.07, 6.45) is 3.80. The molecule has 0 aromatic carbocycles. The molecule has 3 heteroatoms. The van der Waals surface area contributed by atoms with Crippen molar-refractivity contribution in [1.29, 1.82) is 0 Å². The molecular weight excluding hydrogens is 240 g/mol. The molecule has 0 aliphatic rings. The number of rotatable bonds is 9. The van der Waals surface area contributed by atoms with Crippen LogP contribution < -0.4 is 5.73 Å². The first-order valence-electron chi connectivity index (χ1n) is 7.02. The third-order valence-electron chi connectivity index (χ3n) is 3.54. The smallest absolute Gasteiger partial charge is 0.0327 e. The largest absolute Gasteiger partial charge is 0.330 e. The summed E-state index contributed by atoms with van der Waals surface area (Å²) in [6.45, 7) is 11.0. The van der Waals surface area contributed by atoms with E-state index in [0.29, 0.717) is 5.41 Å². The third kappa shape index (κ3) is 5.98. The summed E-state index contributed by atoms with van der Waals surface area (Å²) in [4.78, 5) is 4.00. The van der Waals surface area contributed by atoms with Crippen LogP contribution in [0.4, 0.5) is 0 Å². The zero-order valence-electron chi connectivity index (χ0n) is 12.1. The van der Waals surface area contributed by atoms with E-state index in [-0.39, 0.29) is 0 Å². The monoisotopic (exact) mass is 268 g/mol. The van der Waals surface area contributed by atoms with E-state index < -0.39 is 0 Å². The average molecular weight is 268 g/mol. The second-order valence-electron chi connectivity index (χ2n) is 5.77. The minimum Gasteiger partial charge on any atom is -0.330 e. The van der Waals surface area contributed by atoms with Crippen LogP contribution in [-0.4, -0.2) is 24.5 Å². The average Bonchev–Trinajstić information content (AvgIpc) is 2.86. The first-order chi connectivity index (χ1) is 8.57. The Kier molecular flexibility index (Phi) is 6.90. The fourth-order valence-corrected chi connectivity index (χ4v) is 2.76. The van der Waals surface area contributed by atoms with Gasteiger partial charge in [-0.3, -0.25) is 4.90 Å². The van der Waals surface area contributed by atoms with Gasteiger partial charge in [0.25, 0.3) is 0 Å². The van der Waals surface area contributed by atoms with Crippen LogP contribution in [0.25, 0.3) is 0 Å². The highest BCUT2D eigenvalue weighted by Crippen LogP contribution is 2.21. The van der Waals surface area contributed by atoms with Gasteiger partial charge in [-0.15, -0.1) is 11.3 Å².